The van der Waals surface area contributed by atoms with Crippen molar-refractivity contribution >= 4 is 0 Å². The first-order valence-corrected chi connectivity index (χ1v) is 9.35. The SMILES string of the molecule is CCCC(CC)c1cc(-c2ccc(-c3ccc(O)cc3)cc2)ccc1O. The van der Waals surface area contributed by atoms with Gasteiger partial charge in [0.25, 0.3) is 0 Å². The number of phenolic OH excluding ortho intramolecular Hbond substituents is 2. The monoisotopic (exact) mass is 346 g/mol. The molecule has 134 valence electrons. The summed E-state index contributed by atoms with van der Waals surface area (Å²) in [6, 6.07) is 21.6. The summed E-state index contributed by atoms with van der Waals surface area (Å²) in [6.07, 6.45) is 3.24. The molecule has 3 aromatic carbocycles. The summed E-state index contributed by atoms with van der Waals surface area (Å²) in [5.41, 5.74) is 5.51. The van der Waals surface area contributed by atoms with Gasteiger partial charge in [-0.3, -0.25) is 0 Å². The molecule has 0 aliphatic carbocycles. The summed E-state index contributed by atoms with van der Waals surface area (Å²) in [5.74, 6) is 1.07. The number of benzene rings is 3. The van der Waals surface area contributed by atoms with Gasteiger partial charge in [0.1, 0.15) is 11.5 Å². The minimum absolute atomic E-state index is 0.277. The molecule has 26 heavy (non-hydrogen) atoms. The van der Waals surface area contributed by atoms with Crippen molar-refractivity contribution in [3.8, 4) is 33.8 Å². The lowest BCUT2D eigenvalue weighted by molar-refractivity contribution is 0.454. The Kier molecular flexibility index (Phi) is 5.62. The molecule has 0 aliphatic rings. The Morgan fingerprint density at radius 3 is 1.73 bits per heavy atom. The van der Waals surface area contributed by atoms with Crippen LogP contribution in [0.1, 0.15) is 44.6 Å². The van der Waals surface area contributed by atoms with Gasteiger partial charge in [-0.05, 0) is 70.8 Å². The van der Waals surface area contributed by atoms with Crippen molar-refractivity contribution in [2.45, 2.75) is 39.0 Å². The van der Waals surface area contributed by atoms with Crippen LogP contribution in [0.3, 0.4) is 0 Å². The van der Waals surface area contributed by atoms with E-state index >= 15 is 0 Å². The Bertz CT molecular complexity index is 848. The van der Waals surface area contributed by atoms with Crippen molar-refractivity contribution in [2.75, 3.05) is 0 Å². The molecule has 0 aromatic heterocycles. The minimum Gasteiger partial charge on any atom is -0.508 e. The Morgan fingerprint density at radius 1 is 0.692 bits per heavy atom. The number of aromatic hydroxyl groups is 2. The predicted octanol–water partition coefficient (Wildman–Crippen LogP) is 6.73. The zero-order chi connectivity index (χ0) is 18.5. The summed E-state index contributed by atoms with van der Waals surface area (Å²) >= 11 is 0. The lowest BCUT2D eigenvalue weighted by Crippen LogP contribution is -1.98. The third kappa shape index (κ3) is 3.91. The topological polar surface area (TPSA) is 40.5 Å². The summed E-state index contributed by atoms with van der Waals surface area (Å²) in [6.45, 7) is 4.37. The molecule has 0 saturated heterocycles. The second kappa shape index (κ2) is 8.09. The Morgan fingerprint density at radius 2 is 1.19 bits per heavy atom. The molecule has 2 nitrogen and oxygen atoms in total. The van der Waals surface area contributed by atoms with Crippen LogP contribution in [-0.2, 0) is 0 Å². The molecular weight excluding hydrogens is 320 g/mol. The number of hydrogen-bond donors (Lipinski definition) is 2. The lowest BCUT2D eigenvalue weighted by Gasteiger charge is -2.17. The third-order valence-corrected chi connectivity index (χ3v) is 5.02. The maximum atomic E-state index is 10.3. The predicted molar refractivity (Wildman–Crippen MR) is 109 cm³/mol. The van der Waals surface area contributed by atoms with Crippen LogP contribution in [0.5, 0.6) is 11.5 Å². The number of rotatable bonds is 6. The summed E-state index contributed by atoms with van der Waals surface area (Å²) < 4.78 is 0. The molecule has 0 aliphatic heterocycles. The van der Waals surface area contributed by atoms with Gasteiger partial charge >= 0.3 is 0 Å². The van der Waals surface area contributed by atoms with Gasteiger partial charge < -0.3 is 10.2 Å². The molecule has 0 radical (unpaired) electrons. The van der Waals surface area contributed by atoms with Gasteiger partial charge in [0, 0.05) is 0 Å². The average Bonchev–Trinajstić information content (AvgIpc) is 2.67. The third-order valence-electron chi connectivity index (χ3n) is 5.02. The zero-order valence-corrected chi connectivity index (χ0v) is 15.4. The second-order valence-electron chi connectivity index (χ2n) is 6.79. The molecule has 1 atom stereocenters. The number of hydrogen-bond acceptors (Lipinski definition) is 2. The number of phenols is 2. The van der Waals surface area contributed by atoms with E-state index in [9.17, 15) is 10.2 Å². The van der Waals surface area contributed by atoms with E-state index in [-0.39, 0.29) is 5.75 Å². The largest absolute Gasteiger partial charge is 0.508 e. The molecule has 2 N–H and O–H groups in total. The van der Waals surface area contributed by atoms with Crippen LogP contribution in [0, 0.1) is 0 Å². The van der Waals surface area contributed by atoms with E-state index in [4.69, 9.17) is 0 Å². The smallest absolute Gasteiger partial charge is 0.119 e. The molecule has 0 amide bonds. The van der Waals surface area contributed by atoms with Crippen LogP contribution in [0.25, 0.3) is 22.3 Å². The van der Waals surface area contributed by atoms with Gasteiger partial charge in [-0.2, -0.15) is 0 Å². The van der Waals surface area contributed by atoms with E-state index in [0.29, 0.717) is 11.7 Å². The maximum Gasteiger partial charge on any atom is 0.119 e. The first kappa shape index (κ1) is 18.1. The highest BCUT2D eigenvalue weighted by Gasteiger charge is 2.14. The van der Waals surface area contributed by atoms with E-state index in [1.54, 1.807) is 12.1 Å². The zero-order valence-electron chi connectivity index (χ0n) is 15.4. The molecule has 3 aromatic rings. The van der Waals surface area contributed by atoms with Crippen molar-refractivity contribution in [3.05, 3.63) is 72.3 Å². The maximum absolute atomic E-state index is 10.3. The van der Waals surface area contributed by atoms with E-state index in [1.165, 1.54) is 0 Å². The summed E-state index contributed by atoms with van der Waals surface area (Å²) in [4.78, 5) is 0. The standard InChI is InChI=1S/C24H26O2/c1-3-5-17(4-2)23-16-21(12-15-24(23)26)20-8-6-18(7-9-20)19-10-13-22(25)14-11-19/h6-17,25-26H,3-5H2,1-2H3. The van der Waals surface area contributed by atoms with E-state index in [2.05, 4.69) is 44.2 Å². The Balaban J connectivity index is 1.90. The minimum atomic E-state index is 0.277. The molecule has 0 saturated carbocycles. The normalized spacial score (nSPS) is 12.1. The molecule has 0 fully saturated rings. The van der Waals surface area contributed by atoms with Crippen LogP contribution in [0.15, 0.2) is 66.7 Å². The fourth-order valence-corrected chi connectivity index (χ4v) is 3.50. The first-order valence-electron chi connectivity index (χ1n) is 9.35. The van der Waals surface area contributed by atoms with Crippen LogP contribution in [0.2, 0.25) is 0 Å². The van der Waals surface area contributed by atoms with E-state index in [0.717, 1.165) is 47.1 Å². The van der Waals surface area contributed by atoms with Gasteiger partial charge in [-0.1, -0.05) is 62.7 Å². The van der Waals surface area contributed by atoms with Gasteiger partial charge in [0.15, 0.2) is 0 Å². The van der Waals surface area contributed by atoms with Crippen LogP contribution < -0.4 is 0 Å². The summed E-state index contributed by atoms with van der Waals surface area (Å²) in [5, 5.41) is 19.7. The fraction of sp³-hybridized carbons (Fsp3) is 0.250. The molecule has 0 bridgehead atoms. The highest BCUT2D eigenvalue weighted by atomic mass is 16.3. The van der Waals surface area contributed by atoms with Crippen LogP contribution >= 0.6 is 0 Å². The van der Waals surface area contributed by atoms with Crippen molar-refractivity contribution < 1.29 is 10.2 Å². The van der Waals surface area contributed by atoms with Gasteiger partial charge in [-0.25, -0.2) is 0 Å². The van der Waals surface area contributed by atoms with E-state index in [1.807, 2.05) is 24.3 Å². The quantitative estimate of drug-likeness (QED) is 0.520. The summed E-state index contributed by atoms with van der Waals surface area (Å²) in [7, 11) is 0. The Hall–Kier alpha value is -2.74. The second-order valence-corrected chi connectivity index (χ2v) is 6.79. The van der Waals surface area contributed by atoms with Crippen LogP contribution in [-0.4, -0.2) is 10.2 Å². The highest BCUT2D eigenvalue weighted by molar-refractivity contribution is 5.71. The molecule has 0 spiro atoms. The van der Waals surface area contributed by atoms with Crippen molar-refractivity contribution in [1.82, 2.24) is 0 Å². The van der Waals surface area contributed by atoms with Crippen molar-refractivity contribution in [3.63, 3.8) is 0 Å². The Labute approximate surface area is 155 Å². The van der Waals surface area contributed by atoms with Gasteiger partial charge in [-0.15, -0.1) is 0 Å². The first-order chi connectivity index (χ1) is 12.6. The van der Waals surface area contributed by atoms with Crippen LogP contribution in [0.4, 0.5) is 0 Å². The molecule has 3 rings (SSSR count). The molecule has 2 heteroatoms. The van der Waals surface area contributed by atoms with Gasteiger partial charge in [0.05, 0.1) is 0 Å². The molecule has 0 heterocycles. The van der Waals surface area contributed by atoms with Crippen molar-refractivity contribution in [1.29, 1.82) is 0 Å². The fourth-order valence-electron chi connectivity index (χ4n) is 3.50. The van der Waals surface area contributed by atoms with Gasteiger partial charge in [0.2, 0.25) is 0 Å². The molecular formula is C24H26O2. The highest BCUT2D eigenvalue weighted by Crippen LogP contribution is 2.35. The van der Waals surface area contributed by atoms with Crippen molar-refractivity contribution in [2.24, 2.45) is 0 Å². The van der Waals surface area contributed by atoms with E-state index < -0.39 is 0 Å². The average molecular weight is 346 g/mol. The molecule has 1 unspecified atom stereocenters. The lowest BCUT2D eigenvalue weighted by atomic mass is 9.89.